The van der Waals surface area contributed by atoms with Crippen LogP contribution < -0.4 is 5.73 Å². The minimum Gasteiger partial charge on any atom is -0.508 e. The molecule has 0 bridgehead atoms. The van der Waals surface area contributed by atoms with Gasteiger partial charge in [0.1, 0.15) is 23.2 Å². The number of thiophene rings is 1. The van der Waals surface area contributed by atoms with Gasteiger partial charge in [0.2, 0.25) is 0 Å². The standard InChI is InChI=1S/C19H18N4OS/c1-23(2)10-12-6-18(25-11-12)17-8-15(16(9-20)19(21)22-17)13-4-3-5-14(24)7-13/h3-8,11,24H,10H2,1-2H3,(H2,21,22). The molecule has 3 rings (SSSR count). The average Bonchev–Trinajstić information content (AvgIpc) is 3.01. The van der Waals surface area contributed by atoms with Gasteiger partial charge in [0.05, 0.1) is 10.6 Å². The highest BCUT2D eigenvalue weighted by Crippen LogP contribution is 2.34. The lowest BCUT2D eigenvalue weighted by molar-refractivity contribution is 0.403. The van der Waals surface area contributed by atoms with Gasteiger partial charge in [0.15, 0.2) is 0 Å². The quantitative estimate of drug-likeness (QED) is 0.749. The molecular weight excluding hydrogens is 332 g/mol. The second kappa shape index (κ2) is 6.93. The van der Waals surface area contributed by atoms with E-state index in [1.807, 2.05) is 26.2 Å². The van der Waals surface area contributed by atoms with Gasteiger partial charge in [-0.25, -0.2) is 4.98 Å². The number of anilines is 1. The number of rotatable bonds is 4. The molecule has 126 valence electrons. The third-order valence-electron chi connectivity index (χ3n) is 3.72. The number of nitrogen functional groups attached to an aromatic ring is 1. The van der Waals surface area contributed by atoms with E-state index in [0.717, 1.165) is 22.7 Å². The number of nitrogens with zero attached hydrogens (tertiary/aromatic N) is 3. The van der Waals surface area contributed by atoms with E-state index in [4.69, 9.17) is 5.73 Å². The van der Waals surface area contributed by atoms with Gasteiger partial charge >= 0.3 is 0 Å². The fourth-order valence-electron chi connectivity index (χ4n) is 2.67. The summed E-state index contributed by atoms with van der Waals surface area (Å²) < 4.78 is 0. The maximum Gasteiger partial charge on any atom is 0.142 e. The highest BCUT2D eigenvalue weighted by Gasteiger charge is 2.15. The van der Waals surface area contributed by atoms with Crippen LogP contribution in [0.4, 0.5) is 5.82 Å². The van der Waals surface area contributed by atoms with Crippen molar-refractivity contribution >= 4 is 17.2 Å². The topological polar surface area (TPSA) is 86.2 Å². The predicted molar refractivity (Wildman–Crippen MR) is 101 cm³/mol. The fraction of sp³-hybridized carbons (Fsp3) is 0.158. The summed E-state index contributed by atoms with van der Waals surface area (Å²) in [4.78, 5) is 7.50. The maximum atomic E-state index is 9.75. The molecule has 2 aromatic heterocycles. The van der Waals surface area contributed by atoms with Crippen molar-refractivity contribution < 1.29 is 5.11 Å². The van der Waals surface area contributed by atoms with E-state index < -0.39 is 0 Å². The zero-order valence-electron chi connectivity index (χ0n) is 14.0. The number of phenols is 1. The van der Waals surface area contributed by atoms with E-state index >= 15 is 0 Å². The molecule has 2 heterocycles. The van der Waals surface area contributed by atoms with Crippen LogP contribution in [0.3, 0.4) is 0 Å². The Balaban J connectivity index is 2.11. The summed E-state index contributed by atoms with van der Waals surface area (Å²) in [6.45, 7) is 0.849. The van der Waals surface area contributed by atoms with E-state index in [2.05, 4.69) is 27.4 Å². The first kappa shape index (κ1) is 17.0. The smallest absolute Gasteiger partial charge is 0.142 e. The first-order valence-electron chi connectivity index (χ1n) is 7.70. The van der Waals surface area contributed by atoms with Gasteiger partial charge in [-0.1, -0.05) is 12.1 Å². The predicted octanol–water partition coefficient (Wildman–Crippen LogP) is 3.70. The lowest BCUT2D eigenvalue weighted by Crippen LogP contribution is -2.09. The van der Waals surface area contributed by atoms with Crippen molar-refractivity contribution in [3.8, 4) is 33.5 Å². The summed E-state index contributed by atoms with van der Waals surface area (Å²) in [5.74, 6) is 0.337. The van der Waals surface area contributed by atoms with Gasteiger partial charge < -0.3 is 15.7 Å². The largest absolute Gasteiger partial charge is 0.508 e. The number of nitrogens with two attached hydrogens (primary N) is 1. The molecule has 0 fully saturated rings. The number of hydrogen-bond donors (Lipinski definition) is 2. The molecule has 3 aromatic rings. The van der Waals surface area contributed by atoms with Crippen molar-refractivity contribution in [2.75, 3.05) is 19.8 Å². The number of aromatic hydroxyl groups is 1. The Morgan fingerprint density at radius 1 is 1.28 bits per heavy atom. The Hall–Kier alpha value is -2.88. The second-order valence-electron chi connectivity index (χ2n) is 6.03. The van der Waals surface area contributed by atoms with Gasteiger partial charge in [0, 0.05) is 12.1 Å². The Morgan fingerprint density at radius 2 is 2.08 bits per heavy atom. The highest BCUT2D eigenvalue weighted by molar-refractivity contribution is 7.13. The van der Waals surface area contributed by atoms with Crippen molar-refractivity contribution in [1.82, 2.24) is 9.88 Å². The molecule has 0 amide bonds. The molecule has 0 aliphatic heterocycles. The molecule has 5 nitrogen and oxygen atoms in total. The van der Waals surface area contributed by atoms with E-state index in [1.165, 1.54) is 5.56 Å². The molecular formula is C19H18N4OS. The Bertz CT molecular complexity index is 956. The van der Waals surface area contributed by atoms with Gasteiger partial charge in [0.25, 0.3) is 0 Å². The van der Waals surface area contributed by atoms with Gasteiger partial charge in [-0.2, -0.15) is 5.26 Å². The van der Waals surface area contributed by atoms with Crippen LogP contribution in [-0.4, -0.2) is 29.1 Å². The number of nitriles is 1. The van der Waals surface area contributed by atoms with Gasteiger partial charge in [-0.15, -0.1) is 11.3 Å². The molecule has 0 aliphatic carbocycles. The first-order chi connectivity index (χ1) is 12.0. The summed E-state index contributed by atoms with van der Waals surface area (Å²) in [5, 5.41) is 21.3. The maximum absolute atomic E-state index is 9.75. The third-order valence-corrected chi connectivity index (χ3v) is 4.72. The molecule has 0 saturated carbocycles. The fourth-order valence-corrected chi connectivity index (χ4v) is 3.53. The zero-order valence-corrected chi connectivity index (χ0v) is 14.8. The molecule has 1 aromatic carbocycles. The van der Waals surface area contributed by atoms with Crippen LogP contribution in [0.15, 0.2) is 41.8 Å². The van der Waals surface area contributed by atoms with E-state index in [1.54, 1.807) is 29.5 Å². The molecule has 3 N–H and O–H groups in total. The summed E-state index contributed by atoms with van der Waals surface area (Å²) in [5.41, 5.74) is 9.68. The Kier molecular flexibility index (Phi) is 4.70. The van der Waals surface area contributed by atoms with Crippen molar-refractivity contribution in [3.05, 3.63) is 52.9 Å². The van der Waals surface area contributed by atoms with Crippen molar-refractivity contribution in [2.24, 2.45) is 0 Å². The summed E-state index contributed by atoms with van der Waals surface area (Å²) in [6.07, 6.45) is 0. The first-order valence-corrected chi connectivity index (χ1v) is 8.58. The minimum atomic E-state index is 0.141. The molecule has 25 heavy (non-hydrogen) atoms. The van der Waals surface area contributed by atoms with Crippen LogP contribution in [0, 0.1) is 11.3 Å². The number of hydrogen-bond acceptors (Lipinski definition) is 6. The summed E-state index contributed by atoms with van der Waals surface area (Å²) >= 11 is 1.60. The lowest BCUT2D eigenvalue weighted by Gasteiger charge is -2.10. The number of aromatic nitrogens is 1. The van der Waals surface area contributed by atoms with Crippen LogP contribution in [0.25, 0.3) is 21.7 Å². The van der Waals surface area contributed by atoms with Crippen LogP contribution in [0.5, 0.6) is 5.75 Å². The summed E-state index contributed by atoms with van der Waals surface area (Å²) in [6, 6.07) is 12.8. The van der Waals surface area contributed by atoms with Crippen LogP contribution in [-0.2, 0) is 6.54 Å². The Morgan fingerprint density at radius 3 is 2.76 bits per heavy atom. The number of pyridine rings is 1. The van der Waals surface area contributed by atoms with Crippen molar-refractivity contribution in [2.45, 2.75) is 6.54 Å². The monoisotopic (exact) mass is 350 g/mol. The molecule has 0 spiro atoms. The number of benzene rings is 1. The van der Waals surface area contributed by atoms with Gasteiger partial charge in [-0.3, -0.25) is 0 Å². The molecule has 0 saturated heterocycles. The molecule has 6 heteroatoms. The van der Waals surface area contributed by atoms with Gasteiger partial charge in [-0.05, 0) is 54.9 Å². The van der Waals surface area contributed by atoms with Crippen LogP contribution in [0.2, 0.25) is 0 Å². The Labute approximate surface area is 150 Å². The van der Waals surface area contributed by atoms with Crippen molar-refractivity contribution in [3.63, 3.8) is 0 Å². The summed E-state index contributed by atoms with van der Waals surface area (Å²) in [7, 11) is 4.05. The molecule has 0 unspecified atom stereocenters. The highest BCUT2D eigenvalue weighted by atomic mass is 32.1. The average molecular weight is 350 g/mol. The van der Waals surface area contributed by atoms with Crippen LogP contribution in [0.1, 0.15) is 11.1 Å². The van der Waals surface area contributed by atoms with E-state index in [-0.39, 0.29) is 11.6 Å². The SMILES string of the molecule is CN(C)Cc1csc(-c2cc(-c3cccc(O)c3)c(C#N)c(N)n2)c1. The second-order valence-corrected chi connectivity index (χ2v) is 6.95. The van der Waals surface area contributed by atoms with Crippen molar-refractivity contribution in [1.29, 1.82) is 5.26 Å². The molecule has 0 atom stereocenters. The third kappa shape index (κ3) is 3.63. The number of phenolic OH excluding ortho intramolecular Hbond substituents is 1. The van der Waals surface area contributed by atoms with E-state index in [9.17, 15) is 10.4 Å². The molecule has 0 radical (unpaired) electrons. The van der Waals surface area contributed by atoms with E-state index in [0.29, 0.717) is 11.1 Å². The minimum absolute atomic E-state index is 0.141. The van der Waals surface area contributed by atoms with Crippen LogP contribution >= 0.6 is 11.3 Å². The molecule has 0 aliphatic rings. The lowest BCUT2D eigenvalue weighted by atomic mass is 9.99. The zero-order chi connectivity index (χ0) is 18.0. The normalized spacial score (nSPS) is 10.8.